The Balaban J connectivity index is 2.29. The molecule has 17 heavy (non-hydrogen) atoms. The van der Waals surface area contributed by atoms with Gasteiger partial charge in [-0.3, -0.25) is 0 Å². The van der Waals surface area contributed by atoms with Gasteiger partial charge in [0.05, 0.1) is 0 Å². The molecule has 1 saturated heterocycles. The predicted octanol–water partition coefficient (Wildman–Crippen LogP) is 2.56. The summed E-state index contributed by atoms with van der Waals surface area (Å²) in [6.07, 6.45) is 2.27. The second-order valence-electron chi connectivity index (χ2n) is 4.92. The monoisotopic (exact) mass is 232 g/mol. The van der Waals surface area contributed by atoms with Gasteiger partial charge in [-0.15, -0.1) is 0 Å². The second kappa shape index (κ2) is 5.54. The van der Waals surface area contributed by atoms with Gasteiger partial charge in [-0.05, 0) is 31.0 Å². The molecule has 0 spiro atoms. The number of benzene rings is 1. The van der Waals surface area contributed by atoms with Crippen LogP contribution in [0.1, 0.15) is 25.0 Å². The maximum Gasteiger partial charge on any atom is 0.0431 e. The van der Waals surface area contributed by atoms with Gasteiger partial charge in [0.2, 0.25) is 0 Å². The highest BCUT2D eigenvalue weighted by Gasteiger charge is 2.18. The van der Waals surface area contributed by atoms with Crippen molar-refractivity contribution in [1.29, 1.82) is 0 Å². The maximum atomic E-state index is 2.58. The minimum absolute atomic E-state index is 1.13. The van der Waals surface area contributed by atoms with Crippen molar-refractivity contribution >= 4 is 5.69 Å². The molecule has 2 heteroatoms. The van der Waals surface area contributed by atoms with E-state index < -0.39 is 0 Å². The Morgan fingerprint density at radius 3 is 1.94 bits per heavy atom. The van der Waals surface area contributed by atoms with Crippen molar-refractivity contribution in [1.82, 2.24) is 4.90 Å². The third-order valence-corrected chi connectivity index (χ3v) is 3.78. The number of hydrogen-bond donors (Lipinski definition) is 0. The zero-order valence-corrected chi connectivity index (χ0v) is 11.4. The average Bonchev–Trinajstić information content (AvgIpc) is 2.38. The van der Waals surface area contributed by atoms with Crippen LogP contribution in [0.3, 0.4) is 0 Å². The number of nitrogens with zero attached hydrogens (tertiary/aromatic N) is 2. The van der Waals surface area contributed by atoms with E-state index in [1.54, 1.807) is 0 Å². The smallest absolute Gasteiger partial charge is 0.0431 e. The summed E-state index contributed by atoms with van der Waals surface area (Å²) in [4.78, 5) is 4.99. The van der Waals surface area contributed by atoms with Gasteiger partial charge in [0.25, 0.3) is 0 Å². The van der Waals surface area contributed by atoms with E-state index in [2.05, 4.69) is 48.9 Å². The standard InChI is InChI=1S/C15H24N2/c1-4-13-7-6-8-14(5-2)15(13)17-11-9-16(3)10-12-17/h6-8H,4-5,9-12H2,1-3H3. The lowest BCUT2D eigenvalue weighted by atomic mass is 10.0. The van der Waals surface area contributed by atoms with E-state index >= 15 is 0 Å². The largest absolute Gasteiger partial charge is 0.369 e. The molecule has 0 aliphatic carbocycles. The van der Waals surface area contributed by atoms with Gasteiger partial charge in [0.1, 0.15) is 0 Å². The van der Waals surface area contributed by atoms with Gasteiger partial charge in [-0.25, -0.2) is 0 Å². The molecule has 94 valence electrons. The van der Waals surface area contributed by atoms with Crippen LogP contribution in [0, 0.1) is 0 Å². The molecular formula is C15H24N2. The van der Waals surface area contributed by atoms with Gasteiger partial charge in [0, 0.05) is 31.9 Å². The quantitative estimate of drug-likeness (QED) is 0.790. The zero-order chi connectivity index (χ0) is 12.3. The van der Waals surface area contributed by atoms with E-state index in [-0.39, 0.29) is 0 Å². The van der Waals surface area contributed by atoms with Crippen molar-refractivity contribution in [3.63, 3.8) is 0 Å². The summed E-state index contributed by atoms with van der Waals surface area (Å²) in [5.74, 6) is 0. The van der Waals surface area contributed by atoms with Crippen LogP contribution in [0.4, 0.5) is 5.69 Å². The predicted molar refractivity (Wildman–Crippen MR) is 74.9 cm³/mol. The molecule has 1 aliphatic rings. The molecule has 1 aromatic carbocycles. The second-order valence-corrected chi connectivity index (χ2v) is 4.92. The molecule has 1 heterocycles. The molecule has 0 bridgehead atoms. The summed E-state index contributed by atoms with van der Waals surface area (Å²) in [5.41, 5.74) is 4.54. The molecule has 0 amide bonds. The number of para-hydroxylation sites is 1. The van der Waals surface area contributed by atoms with E-state index in [1.165, 1.54) is 43.0 Å². The highest BCUT2D eigenvalue weighted by Crippen LogP contribution is 2.27. The van der Waals surface area contributed by atoms with Crippen LogP contribution in [0.2, 0.25) is 0 Å². The molecule has 0 saturated carbocycles. The highest BCUT2D eigenvalue weighted by atomic mass is 15.2. The number of anilines is 1. The third-order valence-electron chi connectivity index (χ3n) is 3.78. The molecule has 0 N–H and O–H groups in total. The zero-order valence-electron chi connectivity index (χ0n) is 11.4. The molecule has 0 radical (unpaired) electrons. The lowest BCUT2D eigenvalue weighted by molar-refractivity contribution is 0.312. The maximum absolute atomic E-state index is 2.58. The van der Waals surface area contributed by atoms with Crippen molar-refractivity contribution in [2.75, 3.05) is 38.1 Å². The van der Waals surface area contributed by atoms with Crippen molar-refractivity contribution in [2.24, 2.45) is 0 Å². The van der Waals surface area contributed by atoms with Gasteiger partial charge in [0.15, 0.2) is 0 Å². The minimum atomic E-state index is 1.13. The Labute approximate surface area is 105 Å². The fourth-order valence-electron chi connectivity index (χ4n) is 2.65. The van der Waals surface area contributed by atoms with Crippen molar-refractivity contribution in [3.05, 3.63) is 29.3 Å². The van der Waals surface area contributed by atoms with Crippen LogP contribution in [-0.4, -0.2) is 38.1 Å². The van der Waals surface area contributed by atoms with E-state index in [9.17, 15) is 0 Å². The van der Waals surface area contributed by atoms with Gasteiger partial charge in [-0.1, -0.05) is 32.0 Å². The van der Waals surface area contributed by atoms with Crippen LogP contribution in [0.15, 0.2) is 18.2 Å². The first kappa shape index (κ1) is 12.4. The fourth-order valence-corrected chi connectivity index (χ4v) is 2.65. The lowest BCUT2D eigenvalue weighted by Gasteiger charge is -2.36. The van der Waals surface area contributed by atoms with Gasteiger partial charge < -0.3 is 9.80 Å². The number of hydrogen-bond acceptors (Lipinski definition) is 2. The molecule has 1 aromatic rings. The number of likely N-dealkylation sites (N-methyl/N-ethyl adjacent to an activating group) is 1. The van der Waals surface area contributed by atoms with E-state index in [0.717, 1.165) is 12.8 Å². The summed E-state index contributed by atoms with van der Waals surface area (Å²) in [5, 5.41) is 0. The topological polar surface area (TPSA) is 6.48 Å². The van der Waals surface area contributed by atoms with Crippen LogP contribution in [0.5, 0.6) is 0 Å². The Morgan fingerprint density at radius 2 is 1.47 bits per heavy atom. The SMILES string of the molecule is CCc1cccc(CC)c1N1CCN(C)CC1. The summed E-state index contributed by atoms with van der Waals surface area (Å²) in [7, 11) is 2.21. The van der Waals surface area contributed by atoms with Crippen LogP contribution in [-0.2, 0) is 12.8 Å². The lowest BCUT2D eigenvalue weighted by Crippen LogP contribution is -2.45. The van der Waals surface area contributed by atoms with E-state index in [4.69, 9.17) is 0 Å². The van der Waals surface area contributed by atoms with Crippen molar-refractivity contribution in [3.8, 4) is 0 Å². The molecule has 0 aromatic heterocycles. The first-order valence-electron chi connectivity index (χ1n) is 6.80. The Morgan fingerprint density at radius 1 is 0.941 bits per heavy atom. The average molecular weight is 232 g/mol. The molecule has 1 fully saturated rings. The molecular weight excluding hydrogens is 208 g/mol. The normalized spacial score (nSPS) is 17.5. The summed E-state index contributed by atoms with van der Waals surface area (Å²) >= 11 is 0. The number of rotatable bonds is 3. The Bertz CT molecular complexity index is 343. The molecule has 0 atom stereocenters. The van der Waals surface area contributed by atoms with Crippen LogP contribution in [0.25, 0.3) is 0 Å². The Kier molecular flexibility index (Phi) is 4.06. The van der Waals surface area contributed by atoms with Crippen molar-refractivity contribution < 1.29 is 0 Å². The molecule has 2 nitrogen and oxygen atoms in total. The van der Waals surface area contributed by atoms with Crippen LogP contribution < -0.4 is 4.90 Å². The fraction of sp³-hybridized carbons (Fsp3) is 0.600. The number of aryl methyl sites for hydroxylation is 2. The van der Waals surface area contributed by atoms with Crippen LogP contribution >= 0.6 is 0 Å². The highest BCUT2D eigenvalue weighted by molar-refractivity contribution is 5.60. The minimum Gasteiger partial charge on any atom is -0.369 e. The Hall–Kier alpha value is -1.02. The first-order valence-corrected chi connectivity index (χ1v) is 6.80. The van der Waals surface area contributed by atoms with Gasteiger partial charge in [-0.2, -0.15) is 0 Å². The van der Waals surface area contributed by atoms with E-state index in [0.29, 0.717) is 0 Å². The molecule has 2 rings (SSSR count). The van der Waals surface area contributed by atoms with E-state index in [1.807, 2.05) is 0 Å². The number of piperazine rings is 1. The van der Waals surface area contributed by atoms with Gasteiger partial charge >= 0.3 is 0 Å². The summed E-state index contributed by atoms with van der Waals surface area (Å²) < 4.78 is 0. The van der Waals surface area contributed by atoms with Crippen molar-refractivity contribution in [2.45, 2.75) is 26.7 Å². The summed E-state index contributed by atoms with van der Waals surface area (Å²) in [6, 6.07) is 6.77. The summed E-state index contributed by atoms with van der Waals surface area (Å²) in [6.45, 7) is 9.21. The molecule has 0 unspecified atom stereocenters. The first-order chi connectivity index (χ1) is 8.26. The third kappa shape index (κ3) is 2.63. The molecule has 1 aliphatic heterocycles.